The van der Waals surface area contributed by atoms with Crippen LogP contribution in [0.4, 0.5) is 0 Å². The number of likely N-dealkylation sites (tertiary alicyclic amines) is 1. The molecule has 1 aliphatic heterocycles. The molecule has 3 rings (SSSR count). The van der Waals surface area contributed by atoms with Crippen LogP contribution in [0.3, 0.4) is 0 Å². The van der Waals surface area contributed by atoms with Crippen molar-refractivity contribution in [3.05, 3.63) is 35.4 Å². The average Bonchev–Trinajstić information content (AvgIpc) is 2.72. The van der Waals surface area contributed by atoms with Crippen molar-refractivity contribution in [3.63, 3.8) is 0 Å². The van der Waals surface area contributed by atoms with Crippen LogP contribution in [-0.4, -0.2) is 48.1 Å². The van der Waals surface area contributed by atoms with E-state index in [0.717, 1.165) is 31.5 Å². The molecule has 1 saturated carbocycles. The first-order valence-corrected chi connectivity index (χ1v) is 10.4. The predicted octanol–water partition coefficient (Wildman–Crippen LogP) is 2.88. The molecule has 2 aliphatic rings. The number of hydrogen-bond donors (Lipinski definition) is 2. The lowest BCUT2D eigenvalue weighted by atomic mass is 9.54. The van der Waals surface area contributed by atoms with Gasteiger partial charge in [-0.1, -0.05) is 26.0 Å². The lowest BCUT2D eigenvalue weighted by molar-refractivity contribution is -0.170. The first-order valence-electron chi connectivity index (χ1n) is 10.4. The van der Waals surface area contributed by atoms with Crippen molar-refractivity contribution in [3.8, 4) is 0 Å². The average molecular weight is 424 g/mol. The van der Waals surface area contributed by atoms with Crippen LogP contribution in [-0.2, 0) is 16.1 Å². The highest BCUT2D eigenvalue weighted by Crippen LogP contribution is 2.49. The molecule has 2 amide bonds. The van der Waals surface area contributed by atoms with E-state index in [1.54, 1.807) is 0 Å². The van der Waals surface area contributed by atoms with Crippen molar-refractivity contribution in [1.29, 1.82) is 0 Å². The third-order valence-electron chi connectivity index (χ3n) is 6.53. The number of nitrogens with one attached hydrogen (secondary N) is 1. The van der Waals surface area contributed by atoms with Gasteiger partial charge in [-0.2, -0.15) is 0 Å². The smallest absolute Gasteiger partial charge is 0.253 e. The summed E-state index contributed by atoms with van der Waals surface area (Å²) in [7, 11) is 0. The number of piperidine rings is 1. The minimum atomic E-state index is -0.920. The van der Waals surface area contributed by atoms with Gasteiger partial charge in [0.2, 0.25) is 5.91 Å². The van der Waals surface area contributed by atoms with E-state index >= 15 is 0 Å². The molecule has 29 heavy (non-hydrogen) atoms. The molecular formula is C22H34ClN3O3. The van der Waals surface area contributed by atoms with Crippen LogP contribution in [0.15, 0.2) is 24.3 Å². The number of nitrogens with zero attached hydrogens (tertiary/aromatic N) is 1. The van der Waals surface area contributed by atoms with Gasteiger partial charge in [-0.05, 0) is 43.9 Å². The fourth-order valence-electron chi connectivity index (χ4n) is 4.21. The van der Waals surface area contributed by atoms with Crippen LogP contribution in [0, 0.1) is 5.41 Å². The molecule has 2 atom stereocenters. The Balaban J connectivity index is 0.00000300. The summed E-state index contributed by atoms with van der Waals surface area (Å²) < 4.78 is 5.69. The summed E-state index contributed by atoms with van der Waals surface area (Å²) in [6, 6.07) is 7.48. The zero-order valence-electron chi connectivity index (χ0n) is 17.7. The maximum atomic E-state index is 12.7. The van der Waals surface area contributed by atoms with E-state index in [1.165, 1.54) is 6.42 Å². The zero-order chi connectivity index (χ0) is 20.4. The lowest BCUT2D eigenvalue weighted by Gasteiger charge is -2.57. The van der Waals surface area contributed by atoms with Crippen LogP contribution in [0.2, 0.25) is 0 Å². The van der Waals surface area contributed by atoms with Gasteiger partial charge >= 0.3 is 0 Å². The number of carbonyl (C=O) groups excluding carboxylic acids is 2. The van der Waals surface area contributed by atoms with E-state index in [-0.39, 0.29) is 30.3 Å². The third kappa shape index (κ3) is 4.60. The van der Waals surface area contributed by atoms with Gasteiger partial charge in [0.25, 0.3) is 5.91 Å². The number of benzene rings is 1. The van der Waals surface area contributed by atoms with Gasteiger partial charge in [0.05, 0.1) is 6.10 Å². The molecule has 162 valence electrons. The summed E-state index contributed by atoms with van der Waals surface area (Å²) in [6.07, 6.45) is 3.90. The molecule has 2 unspecified atom stereocenters. The molecule has 0 spiro atoms. The van der Waals surface area contributed by atoms with E-state index in [9.17, 15) is 9.59 Å². The monoisotopic (exact) mass is 423 g/mol. The van der Waals surface area contributed by atoms with Gasteiger partial charge in [-0.25, -0.2) is 0 Å². The maximum Gasteiger partial charge on any atom is 0.253 e. The van der Waals surface area contributed by atoms with Crippen LogP contribution in [0.25, 0.3) is 0 Å². The molecule has 6 nitrogen and oxygen atoms in total. The number of nitrogens with two attached hydrogens (primary N) is 1. The number of halogens is 1. The van der Waals surface area contributed by atoms with Crippen molar-refractivity contribution in [2.24, 2.45) is 11.1 Å². The Kier molecular flexibility index (Phi) is 7.71. The largest absolute Gasteiger partial charge is 0.378 e. The molecule has 1 aromatic rings. The molecular weight excluding hydrogens is 390 g/mol. The highest BCUT2D eigenvalue weighted by Gasteiger charge is 2.62. The molecule has 0 radical (unpaired) electrons. The summed E-state index contributed by atoms with van der Waals surface area (Å²) in [5, 5.41) is 2.96. The molecule has 0 bridgehead atoms. The molecule has 1 aliphatic carbocycles. The van der Waals surface area contributed by atoms with Gasteiger partial charge in [-0.3, -0.25) is 9.59 Å². The Bertz CT molecular complexity index is 717. The van der Waals surface area contributed by atoms with E-state index in [2.05, 4.69) is 5.32 Å². The summed E-state index contributed by atoms with van der Waals surface area (Å²) in [5.74, 6) is -0.0590. The summed E-state index contributed by atoms with van der Waals surface area (Å²) >= 11 is 0. The lowest BCUT2D eigenvalue weighted by Crippen LogP contribution is -2.75. The Morgan fingerprint density at radius 3 is 2.34 bits per heavy atom. The number of carbonyl (C=O) groups is 2. The van der Waals surface area contributed by atoms with Crippen molar-refractivity contribution < 1.29 is 14.3 Å². The Hall–Kier alpha value is -1.63. The molecule has 7 heteroatoms. The number of hydrogen-bond acceptors (Lipinski definition) is 4. The van der Waals surface area contributed by atoms with Crippen LogP contribution in [0.1, 0.15) is 62.4 Å². The molecule has 1 aromatic carbocycles. The van der Waals surface area contributed by atoms with Gasteiger partial charge in [0.1, 0.15) is 5.54 Å². The number of rotatable bonds is 6. The minimum absolute atomic E-state index is 0. The third-order valence-corrected chi connectivity index (χ3v) is 6.53. The molecule has 2 fully saturated rings. The van der Waals surface area contributed by atoms with Gasteiger partial charge in [0.15, 0.2) is 0 Å². The maximum absolute atomic E-state index is 12.7. The second-order valence-electron chi connectivity index (χ2n) is 8.57. The predicted molar refractivity (Wildman–Crippen MR) is 116 cm³/mol. The molecule has 0 aromatic heterocycles. The first kappa shape index (κ1) is 23.6. The normalized spacial score (nSPS) is 25.5. The standard InChI is InChI=1S/C22H33N3O3.ClH/c1-4-28-18-14-22(23,21(18,2)3)20(27)24-15-16-8-10-17(11-9-16)19(26)25-12-6-5-7-13-25;/h8-11,18H,4-7,12-15,23H2,1-3H3,(H,24,27);1H. The Morgan fingerprint density at radius 1 is 1.17 bits per heavy atom. The van der Waals surface area contributed by atoms with Crippen LogP contribution >= 0.6 is 12.4 Å². The Morgan fingerprint density at radius 2 is 1.79 bits per heavy atom. The fourth-order valence-corrected chi connectivity index (χ4v) is 4.21. The van der Waals surface area contributed by atoms with Gasteiger partial charge in [-0.15, -0.1) is 12.4 Å². The Labute approximate surface area is 179 Å². The highest BCUT2D eigenvalue weighted by atomic mass is 35.5. The molecule has 1 saturated heterocycles. The molecule has 1 heterocycles. The number of amides is 2. The number of ether oxygens (including phenoxy) is 1. The summed E-state index contributed by atoms with van der Waals surface area (Å²) in [4.78, 5) is 27.2. The van der Waals surface area contributed by atoms with E-state index in [0.29, 0.717) is 25.1 Å². The highest BCUT2D eigenvalue weighted by molar-refractivity contribution is 5.94. The van der Waals surface area contributed by atoms with Crippen LogP contribution < -0.4 is 11.1 Å². The van der Waals surface area contributed by atoms with Crippen LogP contribution in [0.5, 0.6) is 0 Å². The summed E-state index contributed by atoms with van der Waals surface area (Å²) in [6.45, 7) is 8.61. The van der Waals surface area contributed by atoms with E-state index in [1.807, 2.05) is 49.9 Å². The second-order valence-corrected chi connectivity index (χ2v) is 8.57. The fraction of sp³-hybridized carbons (Fsp3) is 0.636. The van der Waals surface area contributed by atoms with Crippen molar-refractivity contribution in [2.45, 2.75) is 64.6 Å². The van der Waals surface area contributed by atoms with Crippen molar-refractivity contribution in [2.75, 3.05) is 19.7 Å². The quantitative estimate of drug-likeness (QED) is 0.736. The summed E-state index contributed by atoms with van der Waals surface area (Å²) in [5.41, 5.74) is 6.74. The first-order chi connectivity index (χ1) is 13.3. The van der Waals surface area contributed by atoms with Crippen molar-refractivity contribution in [1.82, 2.24) is 10.2 Å². The van der Waals surface area contributed by atoms with Gasteiger partial charge < -0.3 is 20.7 Å². The topological polar surface area (TPSA) is 84.7 Å². The van der Waals surface area contributed by atoms with Crippen molar-refractivity contribution >= 4 is 24.2 Å². The minimum Gasteiger partial charge on any atom is -0.378 e. The molecule has 3 N–H and O–H groups in total. The SMILES string of the molecule is CCOC1CC(N)(C(=O)NCc2ccc(C(=O)N3CCCCC3)cc2)C1(C)C.Cl. The second kappa shape index (κ2) is 9.45. The van der Waals surface area contributed by atoms with E-state index in [4.69, 9.17) is 10.5 Å². The van der Waals surface area contributed by atoms with Gasteiger partial charge in [0, 0.05) is 43.6 Å². The van der Waals surface area contributed by atoms with E-state index < -0.39 is 11.0 Å². The zero-order valence-corrected chi connectivity index (χ0v) is 18.5.